The highest BCUT2D eigenvalue weighted by molar-refractivity contribution is 6.31. The predicted molar refractivity (Wildman–Crippen MR) is 64.2 cm³/mol. The summed E-state index contributed by atoms with van der Waals surface area (Å²) in [7, 11) is 1.31. The van der Waals surface area contributed by atoms with Crippen LogP contribution >= 0.6 is 11.6 Å². The van der Waals surface area contributed by atoms with Crippen LogP contribution in [0.25, 0.3) is 0 Å². The van der Waals surface area contributed by atoms with E-state index < -0.39 is 5.82 Å². The van der Waals surface area contributed by atoms with Gasteiger partial charge in [0.15, 0.2) is 17.3 Å². The van der Waals surface area contributed by atoms with Crippen LogP contribution in [-0.4, -0.2) is 18.8 Å². The average molecular weight is 260 g/mol. The topological polar surface area (TPSA) is 41.5 Å². The molecule has 94 valence electrons. The molecule has 2 rings (SSSR count). The van der Waals surface area contributed by atoms with Gasteiger partial charge in [-0.25, -0.2) is 4.39 Å². The number of methoxy groups -OCH3 is 1. The zero-order valence-corrected chi connectivity index (χ0v) is 10.4. The van der Waals surface area contributed by atoms with Crippen molar-refractivity contribution in [3.63, 3.8) is 0 Å². The smallest absolute Gasteiger partial charge is 0.198 e. The lowest BCUT2D eigenvalue weighted by atomic mass is 9.96. The van der Waals surface area contributed by atoms with Crippen LogP contribution in [0.3, 0.4) is 0 Å². The van der Waals surface area contributed by atoms with Crippen molar-refractivity contribution in [2.24, 2.45) is 0 Å². The fraction of sp³-hybridized carbons (Fsp3) is 0.500. The number of aromatic hydroxyl groups is 1. The molecule has 1 unspecified atom stereocenters. The van der Waals surface area contributed by atoms with Crippen LogP contribution < -0.4 is 10.1 Å². The van der Waals surface area contributed by atoms with Gasteiger partial charge in [0.25, 0.3) is 0 Å². The van der Waals surface area contributed by atoms with E-state index in [1.165, 1.54) is 13.2 Å². The van der Waals surface area contributed by atoms with Crippen molar-refractivity contribution in [1.82, 2.24) is 5.32 Å². The van der Waals surface area contributed by atoms with E-state index in [0.717, 1.165) is 25.8 Å². The summed E-state index contributed by atoms with van der Waals surface area (Å²) in [5, 5.41) is 13.2. The first-order chi connectivity index (χ1) is 8.15. The van der Waals surface area contributed by atoms with E-state index >= 15 is 0 Å². The molecule has 3 nitrogen and oxygen atoms in total. The molecule has 1 aromatic rings. The van der Waals surface area contributed by atoms with E-state index in [-0.39, 0.29) is 22.6 Å². The van der Waals surface area contributed by atoms with Gasteiger partial charge in [0, 0.05) is 11.6 Å². The van der Waals surface area contributed by atoms with Crippen molar-refractivity contribution in [3.8, 4) is 11.5 Å². The summed E-state index contributed by atoms with van der Waals surface area (Å²) in [4.78, 5) is 0. The molecule has 2 N–H and O–H groups in total. The first-order valence-electron chi connectivity index (χ1n) is 5.63. The second kappa shape index (κ2) is 5.10. The Morgan fingerprint density at radius 3 is 2.88 bits per heavy atom. The van der Waals surface area contributed by atoms with Gasteiger partial charge in [-0.15, -0.1) is 0 Å². The van der Waals surface area contributed by atoms with Gasteiger partial charge < -0.3 is 15.2 Å². The monoisotopic (exact) mass is 259 g/mol. The molecule has 5 heteroatoms. The van der Waals surface area contributed by atoms with E-state index in [2.05, 4.69) is 5.32 Å². The van der Waals surface area contributed by atoms with E-state index in [4.69, 9.17) is 16.3 Å². The molecule has 1 saturated heterocycles. The summed E-state index contributed by atoms with van der Waals surface area (Å²) < 4.78 is 18.4. The molecular formula is C12H15ClFNO2. The minimum atomic E-state index is -0.716. The van der Waals surface area contributed by atoms with Gasteiger partial charge in [-0.2, -0.15) is 0 Å². The highest BCUT2D eigenvalue weighted by Crippen LogP contribution is 2.41. The number of phenols is 1. The van der Waals surface area contributed by atoms with Gasteiger partial charge in [0.2, 0.25) is 0 Å². The van der Waals surface area contributed by atoms with Crippen LogP contribution in [0.5, 0.6) is 11.5 Å². The molecule has 0 aromatic heterocycles. The van der Waals surface area contributed by atoms with Crippen molar-refractivity contribution >= 4 is 11.6 Å². The highest BCUT2D eigenvalue weighted by Gasteiger charge is 2.24. The second-order valence-corrected chi connectivity index (χ2v) is 4.55. The third-order valence-corrected chi connectivity index (χ3v) is 3.34. The van der Waals surface area contributed by atoms with Gasteiger partial charge in [0.1, 0.15) is 0 Å². The van der Waals surface area contributed by atoms with Gasteiger partial charge >= 0.3 is 0 Å². The van der Waals surface area contributed by atoms with Gasteiger partial charge in [-0.05, 0) is 25.5 Å². The third kappa shape index (κ3) is 2.33. The number of ether oxygens (including phenoxy) is 1. The molecule has 0 radical (unpaired) electrons. The van der Waals surface area contributed by atoms with E-state index in [0.29, 0.717) is 5.56 Å². The zero-order valence-electron chi connectivity index (χ0n) is 9.59. The van der Waals surface area contributed by atoms with Crippen LogP contribution in [0.2, 0.25) is 5.02 Å². The molecule has 0 bridgehead atoms. The normalized spacial score (nSPS) is 20.3. The summed E-state index contributed by atoms with van der Waals surface area (Å²) in [5.41, 5.74) is 0.605. The SMILES string of the molecule is COc1c(O)c(C2CCCCN2)cc(Cl)c1F. The summed E-state index contributed by atoms with van der Waals surface area (Å²) in [6.45, 7) is 0.890. The molecule has 1 aromatic carbocycles. The number of hydrogen-bond donors (Lipinski definition) is 2. The summed E-state index contributed by atoms with van der Waals surface area (Å²) in [5.74, 6) is -1.06. The Morgan fingerprint density at radius 1 is 1.53 bits per heavy atom. The summed E-state index contributed by atoms with van der Waals surface area (Å²) in [6.07, 6.45) is 3.09. The molecule has 0 saturated carbocycles. The number of rotatable bonds is 2. The number of benzene rings is 1. The minimum Gasteiger partial charge on any atom is -0.504 e. The largest absolute Gasteiger partial charge is 0.504 e. The molecule has 0 spiro atoms. The Bertz CT molecular complexity index is 419. The average Bonchev–Trinajstić information content (AvgIpc) is 2.36. The van der Waals surface area contributed by atoms with Crippen molar-refractivity contribution in [2.45, 2.75) is 25.3 Å². The van der Waals surface area contributed by atoms with Crippen LogP contribution in [0.15, 0.2) is 6.07 Å². The highest BCUT2D eigenvalue weighted by atomic mass is 35.5. The van der Waals surface area contributed by atoms with E-state index in [9.17, 15) is 9.50 Å². The number of hydrogen-bond acceptors (Lipinski definition) is 3. The number of phenolic OH excluding ortho intramolecular Hbond substituents is 1. The molecule has 0 aliphatic carbocycles. The lowest BCUT2D eigenvalue weighted by molar-refractivity contribution is 0.338. The third-order valence-electron chi connectivity index (χ3n) is 3.07. The van der Waals surface area contributed by atoms with E-state index in [1.807, 2.05) is 0 Å². The lowest BCUT2D eigenvalue weighted by Crippen LogP contribution is -2.26. The van der Waals surface area contributed by atoms with Crippen LogP contribution in [-0.2, 0) is 0 Å². The van der Waals surface area contributed by atoms with Crippen molar-refractivity contribution in [3.05, 3.63) is 22.5 Å². The molecule has 1 aliphatic heterocycles. The lowest BCUT2D eigenvalue weighted by Gasteiger charge is -2.25. The molecular weight excluding hydrogens is 245 g/mol. The van der Waals surface area contributed by atoms with E-state index in [1.54, 1.807) is 0 Å². The Labute approximate surface area is 105 Å². The Morgan fingerprint density at radius 2 is 2.29 bits per heavy atom. The fourth-order valence-corrected chi connectivity index (χ4v) is 2.38. The Hall–Kier alpha value is -1.00. The molecule has 17 heavy (non-hydrogen) atoms. The van der Waals surface area contributed by atoms with Crippen LogP contribution in [0.1, 0.15) is 30.9 Å². The minimum absolute atomic E-state index is 0.00995. The maximum Gasteiger partial charge on any atom is 0.198 e. The van der Waals surface area contributed by atoms with Crippen LogP contribution in [0.4, 0.5) is 4.39 Å². The molecule has 1 fully saturated rings. The van der Waals surface area contributed by atoms with Gasteiger partial charge in [-0.3, -0.25) is 0 Å². The number of halogens is 2. The Kier molecular flexibility index (Phi) is 3.74. The van der Waals surface area contributed by atoms with Gasteiger partial charge in [-0.1, -0.05) is 18.0 Å². The van der Waals surface area contributed by atoms with Crippen molar-refractivity contribution in [1.29, 1.82) is 0 Å². The molecule has 1 aliphatic rings. The van der Waals surface area contributed by atoms with Gasteiger partial charge in [0.05, 0.1) is 12.1 Å². The first kappa shape index (κ1) is 12.5. The first-order valence-corrected chi connectivity index (χ1v) is 6.01. The number of nitrogens with one attached hydrogen (secondary N) is 1. The second-order valence-electron chi connectivity index (χ2n) is 4.15. The fourth-order valence-electron chi connectivity index (χ4n) is 2.18. The summed E-state index contributed by atoms with van der Waals surface area (Å²) in [6, 6.07) is 1.48. The quantitative estimate of drug-likeness (QED) is 0.858. The number of piperidine rings is 1. The van der Waals surface area contributed by atoms with Crippen LogP contribution in [0, 0.1) is 5.82 Å². The maximum absolute atomic E-state index is 13.6. The summed E-state index contributed by atoms with van der Waals surface area (Å²) >= 11 is 5.80. The molecule has 1 heterocycles. The zero-order chi connectivity index (χ0) is 12.4. The Balaban J connectivity index is 2.42. The maximum atomic E-state index is 13.6. The molecule has 1 atom stereocenters. The standard InChI is InChI=1S/C12H15ClFNO2/c1-17-12-10(14)8(13)6-7(11(12)16)9-4-2-3-5-15-9/h6,9,15-16H,2-5H2,1H3. The van der Waals surface area contributed by atoms with Crippen molar-refractivity contribution < 1.29 is 14.2 Å². The molecule has 0 amide bonds. The predicted octanol–water partition coefficient (Wildman–Crippen LogP) is 3.01. The van der Waals surface area contributed by atoms with Crippen molar-refractivity contribution in [2.75, 3.05) is 13.7 Å².